The molecule has 4 rings (SSSR count). The predicted octanol–water partition coefficient (Wildman–Crippen LogP) is 2.51. The van der Waals surface area contributed by atoms with Crippen LogP contribution in [0.1, 0.15) is 30.1 Å². The second-order valence-corrected chi connectivity index (χ2v) is 7.70. The topological polar surface area (TPSA) is 117 Å². The maximum absolute atomic E-state index is 12.4. The number of hydrogen-bond acceptors (Lipinski definition) is 7. The predicted molar refractivity (Wildman–Crippen MR) is 110 cm³/mol. The third kappa shape index (κ3) is 3.83. The van der Waals surface area contributed by atoms with Gasteiger partial charge < -0.3 is 15.6 Å². The third-order valence-electron chi connectivity index (χ3n) is 4.43. The standard InChI is InChI=1S/C19H21N7O2S/c1-11-8-12(2)26(24-11)18-22-23-19(25(18)20)29-10-17(27)21-13(3)16-9-14-6-4-5-7-15(14)28-16/h4-9,13H,10,20H2,1-3H3,(H,21,27)/t13-/m1/s1. The molecule has 4 aromatic rings. The Morgan fingerprint density at radius 3 is 2.79 bits per heavy atom. The zero-order valence-electron chi connectivity index (χ0n) is 16.3. The number of benzene rings is 1. The molecule has 9 nitrogen and oxygen atoms in total. The Labute approximate surface area is 171 Å². The Kier molecular flexibility index (Phi) is 5.01. The van der Waals surface area contributed by atoms with Gasteiger partial charge in [0.25, 0.3) is 5.95 Å². The van der Waals surface area contributed by atoms with Gasteiger partial charge in [0.1, 0.15) is 11.3 Å². The van der Waals surface area contributed by atoms with Gasteiger partial charge in [-0.15, -0.1) is 10.2 Å². The lowest BCUT2D eigenvalue weighted by Crippen LogP contribution is -2.28. The lowest BCUT2D eigenvalue weighted by molar-refractivity contribution is -0.119. The van der Waals surface area contributed by atoms with Gasteiger partial charge in [-0.05, 0) is 39.0 Å². The fourth-order valence-electron chi connectivity index (χ4n) is 3.04. The number of hydrogen-bond donors (Lipinski definition) is 2. The van der Waals surface area contributed by atoms with Gasteiger partial charge >= 0.3 is 0 Å². The summed E-state index contributed by atoms with van der Waals surface area (Å²) in [5.41, 5.74) is 2.56. The molecule has 150 valence electrons. The highest BCUT2D eigenvalue weighted by molar-refractivity contribution is 7.99. The first kappa shape index (κ1) is 19.1. The van der Waals surface area contributed by atoms with Crippen LogP contribution >= 0.6 is 11.8 Å². The van der Waals surface area contributed by atoms with Crippen LogP contribution in [0.15, 0.2) is 46.0 Å². The van der Waals surface area contributed by atoms with Crippen LogP contribution in [-0.4, -0.2) is 36.3 Å². The molecule has 10 heteroatoms. The Morgan fingerprint density at radius 1 is 1.28 bits per heavy atom. The number of rotatable bonds is 6. The molecule has 3 N–H and O–H groups in total. The minimum absolute atomic E-state index is 0.150. The molecule has 0 unspecified atom stereocenters. The van der Waals surface area contributed by atoms with Gasteiger partial charge in [-0.1, -0.05) is 30.0 Å². The number of nitrogen functional groups attached to an aromatic ring is 1. The van der Waals surface area contributed by atoms with E-state index in [9.17, 15) is 4.79 Å². The SMILES string of the molecule is Cc1cc(C)n(-c2nnc(SCC(=O)N[C@H](C)c3cc4ccccc4o3)n2N)n1. The van der Waals surface area contributed by atoms with E-state index >= 15 is 0 Å². The lowest BCUT2D eigenvalue weighted by Gasteiger charge is -2.11. The molecule has 1 amide bonds. The van der Waals surface area contributed by atoms with Crippen LogP contribution < -0.4 is 11.2 Å². The quantitative estimate of drug-likeness (QED) is 0.370. The molecule has 0 aliphatic carbocycles. The van der Waals surface area contributed by atoms with Crippen molar-refractivity contribution in [3.8, 4) is 5.95 Å². The summed E-state index contributed by atoms with van der Waals surface area (Å²) < 4.78 is 8.75. The van der Waals surface area contributed by atoms with Gasteiger partial charge in [0, 0.05) is 11.1 Å². The average Bonchev–Trinajstić information content (AvgIpc) is 3.36. The minimum atomic E-state index is -0.253. The molecule has 1 atom stereocenters. The van der Waals surface area contributed by atoms with Crippen molar-refractivity contribution in [2.75, 3.05) is 11.6 Å². The van der Waals surface area contributed by atoms with Gasteiger partial charge in [-0.2, -0.15) is 5.10 Å². The van der Waals surface area contributed by atoms with Gasteiger partial charge in [-0.3, -0.25) is 4.79 Å². The van der Waals surface area contributed by atoms with E-state index in [1.807, 2.05) is 57.2 Å². The molecule has 29 heavy (non-hydrogen) atoms. The van der Waals surface area contributed by atoms with E-state index < -0.39 is 0 Å². The van der Waals surface area contributed by atoms with Gasteiger partial charge in [0.15, 0.2) is 0 Å². The maximum atomic E-state index is 12.4. The number of aromatic nitrogens is 5. The molecule has 0 saturated carbocycles. The van der Waals surface area contributed by atoms with Crippen molar-refractivity contribution in [3.63, 3.8) is 0 Å². The zero-order chi connectivity index (χ0) is 20.5. The highest BCUT2D eigenvalue weighted by Gasteiger charge is 2.18. The Bertz CT molecular complexity index is 1140. The van der Waals surface area contributed by atoms with Crippen LogP contribution in [0.5, 0.6) is 0 Å². The summed E-state index contributed by atoms with van der Waals surface area (Å²) in [4.78, 5) is 12.4. The normalized spacial score (nSPS) is 12.4. The van der Waals surface area contributed by atoms with E-state index in [-0.39, 0.29) is 17.7 Å². The number of carbonyl (C=O) groups excluding carboxylic acids is 1. The summed E-state index contributed by atoms with van der Waals surface area (Å²) in [7, 11) is 0. The van der Waals surface area contributed by atoms with Gasteiger partial charge in [0.2, 0.25) is 11.1 Å². The molecule has 0 aliphatic rings. The van der Waals surface area contributed by atoms with Crippen molar-refractivity contribution in [1.29, 1.82) is 0 Å². The molecule has 0 fully saturated rings. The van der Waals surface area contributed by atoms with Crippen molar-refractivity contribution in [2.24, 2.45) is 0 Å². The largest absolute Gasteiger partial charge is 0.459 e. The number of nitrogens with two attached hydrogens (primary N) is 1. The molecule has 0 radical (unpaired) electrons. The maximum Gasteiger partial charge on any atom is 0.271 e. The molecule has 0 spiro atoms. The third-order valence-corrected chi connectivity index (χ3v) is 5.37. The first-order valence-corrected chi connectivity index (χ1v) is 10.1. The summed E-state index contributed by atoms with van der Waals surface area (Å²) in [6.07, 6.45) is 0. The van der Waals surface area contributed by atoms with Crippen LogP contribution in [0.3, 0.4) is 0 Å². The van der Waals surface area contributed by atoms with E-state index in [4.69, 9.17) is 10.3 Å². The van der Waals surface area contributed by atoms with Crippen molar-refractivity contribution in [1.82, 2.24) is 30.0 Å². The number of amides is 1. The van der Waals surface area contributed by atoms with Crippen LogP contribution in [0.25, 0.3) is 16.9 Å². The molecule has 0 bridgehead atoms. The second kappa shape index (κ2) is 7.63. The number of nitrogens with one attached hydrogen (secondary N) is 1. The number of carbonyl (C=O) groups is 1. The summed E-state index contributed by atoms with van der Waals surface area (Å²) in [6.45, 7) is 5.69. The number of nitrogens with zero attached hydrogens (tertiary/aromatic N) is 5. The zero-order valence-corrected chi connectivity index (χ0v) is 17.1. The molecule has 0 aliphatic heterocycles. The molecular weight excluding hydrogens is 390 g/mol. The first-order chi connectivity index (χ1) is 13.9. The molecule has 3 heterocycles. The van der Waals surface area contributed by atoms with Crippen LogP contribution in [0.2, 0.25) is 0 Å². The Balaban J connectivity index is 1.39. The van der Waals surface area contributed by atoms with Crippen LogP contribution in [0.4, 0.5) is 0 Å². The average molecular weight is 411 g/mol. The number of aryl methyl sites for hydroxylation is 2. The van der Waals surface area contributed by atoms with Crippen molar-refractivity contribution >= 4 is 28.6 Å². The van der Waals surface area contributed by atoms with Crippen LogP contribution in [0, 0.1) is 13.8 Å². The summed E-state index contributed by atoms with van der Waals surface area (Å²) in [5, 5.41) is 16.9. The number of fused-ring (bicyclic) bond motifs is 1. The molecular formula is C19H21N7O2S. The highest BCUT2D eigenvalue weighted by Crippen LogP contribution is 2.24. The highest BCUT2D eigenvalue weighted by atomic mass is 32.2. The summed E-state index contributed by atoms with van der Waals surface area (Å²) in [5.74, 6) is 7.20. The minimum Gasteiger partial charge on any atom is -0.459 e. The first-order valence-electron chi connectivity index (χ1n) is 9.07. The fraction of sp³-hybridized carbons (Fsp3) is 0.263. The van der Waals surface area contributed by atoms with E-state index in [0.717, 1.165) is 22.4 Å². The van der Waals surface area contributed by atoms with Crippen molar-refractivity contribution in [3.05, 3.63) is 53.5 Å². The van der Waals surface area contributed by atoms with Crippen molar-refractivity contribution in [2.45, 2.75) is 32.0 Å². The number of furan rings is 1. The molecule has 0 saturated heterocycles. The fourth-order valence-corrected chi connectivity index (χ4v) is 3.71. The number of para-hydroxylation sites is 1. The molecule has 1 aromatic carbocycles. The van der Waals surface area contributed by atoms with E-state index in [2.05, 4.69) is 20.6 Å². The Morgan fingerprint density at radius 2 is 2.07 bits per heavy atom. The van der Waals surface area contributed by atoms with E-state index in [0.29, 0.717) is 16.9 Å². The summed E-state index contributed by atoms with van der Waals surface area (Å²) in [6, 6.07) is 11.3. The molecule has 3 aromatic heterocycles. The van der Waals surface area contributed by atoms with E-state index in [1.54, 1.807) is 4.68 Å². The number of thioether (sulfide) groups is 1. The lowest BCUT2D eigenvalue weighted by atomic mass is 10.2. The van der Waals surface area contributed by atoms with E-state index in [1.165, 1.54) is 16.4 Å². The monoisotopic (exact) mass is 411 g/mol. The summed E-state index contributed by atoms with van der Waals surface area (Å²) >= 11 is 1.21. The van der Waals surface area contributed by atoms with Crippen LogP contribution in [-0.2, 0) is 4.79 Å². The van der Waals surface area contributed by atoms with Gasteiger partial charge in [0.05, 0.1) is 17.5 Å². The van der Waals surface area contributed by atoms with Crippen molar-refractivity contribution < 1.29 is 9.21 Å². The van der Waals surface area contributed by atoms with Gasteiger partial charge in [-0.25, -0.2) is 9.36 Å². The second-order valence-electron chi connectivity index (χ2n) is 6.76. The Hall–Kier alpha value is -3.27. The smallest absolute Gasteiger partial charge is 0.271 e.